The first kappa shape index (κ1) is 12.5. The van der Waals surface area contributed by atoms with E-state index in [0.29, 0.717) is 0 Å². The molecule has 0 spiro atoms. The number of rotatable bonds is 3. The molecule has 2 rings (SSSR count). The average molecular weight is 300 g/mol. The summed E-state index contributed by atoms with van der Waals surface area (Å²) in [6.45, 7) is 2.02. The molecular weight excluding hydrogens is 282 g/mol. The van der Waals surface area contributed by atoms with Gasteiger partial charge in [0.2, 0.25) is 0 Å². The third-order valence-electron chi connectivity index (χ3n) is 3.08. The van der Waals surface area contributed by atoms with Gasteiger partial charge in [-0.05, 0) is 53.4 Å². The van der Waals surface area contributed by atoms with Crippen molar-refractivity contribution in [1.29, 1.82) is 0 Å². The zero-order valence-electron chi connectivity index (χ0n) is 9.58. The predicted octanol–water partition coefficient (Wildman–Crippen LogP) is 4.50. The van der Waals surface area contributed by atoms with E-state index in [4.69, 9.17) is 5.73 Å². The number of nitrogens with two attached hydrogens (primary N) is 1. The first-order valence-corrected chi connectivity index (χ1v) is 7.56. The molecule has 1 aliphatic carbocycles. The highest BCUT2D eigenvalue weighted by molar-refractivity contribution is 9.10. The third kappa shape index (κ3) is 3.02. The summed E-state index contributed by atoms with van der Waals surface area (Å²) in [5.74, 6) is 0. The van der Waals surface area contributed by atoms with Crippen molar-refractivity contribution in [3.8, 4) is 0 Å². The maximum absolute atomic E-state index is 5.87. The van der Waals surface area contributed by atoms with Gasteiger partial charge >= 0.3 is 0 Å². The van der Waals surface area contributed by atoms with Crippen molar-refractivity contribution >= 4 is 27.7 Å². The van der Waals surface area contributed by atoms with Crippen LogP contribution in [0.25, 0.3) is 0 Å². The summed E-state index contributed by atoms with van der Waals surface area (Å²) in [5, 5.41) is 0.817. The van der Waals surface area contributed by atoms with Crippen LogP contribution in [0.4, 0.5) is 0 Å². The van der Waals surface area contributed by atoms with Gasteiger partial charge in [-0.1, -0.05) is 18.9 Å². The quantitative estimate of drug-likeness (QED) is 0.889. The van der Waals surface area contributed by atoms with Crippen LogP contribution in [0.15, 0.2) is 27.6 Å². The molecule has 0 aliphatic heterocycles. The second-order valence-electron chi connectivity index (χ2n) is 4.50. The van der Waals surface area contributed by atoms with Crippen molar-refractivity contribution in [2.45, 2.75) is 48.8 Å². The summed E-state index contributed by atoms with van der Waals surface area (Å²) in [5.41, 5.74) is 7.07. The van der Waals surface area contributed by atoms with Crippen molar-refractivity contribution in [3.63, 3.8) is 0 Å². The Balaban J connectivity index is 2.09. The van der Waals surface area contributed by atoms with Crippen LogP contribution in [0.3, 0.4) is 0 Å². The molecule has 2 N–H and O–H groups in total. The number of thioether (sulfide) groups is 1. The normalized spacial score (nSPS) is 18.9. The Hall–Kier alpha value is 0.01000. The molecule has 0 heterocycles. The van der Waals surface area contributed by atoms with Gasteiger partial charge in [0.15, 0.2) is 0 Å². The fraction of sp³-hybridized carbons (Fsp3) is 0.538. The predicted molar refractivity (Wildman–Crippen MR) is 74.9 cm³/mol. The zero-order valence-corrected chi connectivity index (χ0v) is 12.0. The van der Waals surface area contributed by atoms with E-state index in [9.17, 15) is 0 Å². The third-order valence-corrected chi connectivity index (χ3v) is 5.41. The molecule has 1 aromatic carbocycles. The van der Waals surface area contributed by atoms with E-state index in [1.54, 1.807) is 0 Å². The maximum Gasteiger partial charge on any atom is 0.0314 e. The van der Waals surface area contributed by atoms with Gasteiger partial charge in [-0.3, -0.25) is 0 Å². The molecule has 0 saturated heterocycles. The van der Waals surface area contributed by atoms with Crippen LogP contribution in [0.5, 0.6) is 0 Å². The molecule has 0 unspecified atom stereocenters. The number of benzene rings is 1. The summed E-state index contributed by atoms with van der Waals surface area (Å²) in [7, 11) is 0. The second kappa shape index (κ2) is 5.56. The largest absolute Gasteiger partial charge is 0.324 e. The smallest absolute Gasteiger partial charge is 0.0314 e. The van der Waals surface area contributed by atoms with Crippen LogP contribution < -0.4 is 5.73 Å². The lowest BCUT2D eigenvalue weighted by Crippen LogP contribution is -2.04. The first-order valence-electron chi connectivity index (χ1n) is 5.88. The lowest BCUT2D eigenvalue weighted by Gasteiger charge is -2.12. The Kier molecular flexibility index (Phi) is 4.34. The minimum absolute atomic E-state index is 0.113. The average Bonchev–Trinajstić information content (AvgIpc) is 2.73. The van der Waals surface area contributed by atoms with E-state index in [-0.39, 0.29) is 6.04 Å². The molecule has 0 amide bonds. The summed E-state index contributed by atoms with van der Waals surface area (Å²) in [6.07, 6.45) is 5.53. The molecule has 1 aromatic rings. The molecule has 16 heavy (non-hydrogen) atoms. The van der Waals surface area contributed by atoms with Gasteiger partial charge < -0.3 is 5.73 Å². The van der Waals surface area contributed by atoms with Crippen molar-refractivity contribution in [2.24, 2.45) is 5.73 Å². The fourth-order valence-electron chi connectivity index (χ4n) is 2.08. The fourth-order valence-corrected chi connectivity index (χ4v) is 4.00. The van der Waals surface area contributed by atoms with Gasteiger partial charge in [0.25, 0.3) is 0 Å². The number of hydrogen-bond acceptors (Lipinski definition) is 2. The summed E-state index contributed by atoms with van der Waals surface area (Å²) >= 11 is 5.66. The summed E-state index contributed by atoms with van der Waals surface area (Å²) in [4.78, 5) is 1.36. The highest BCUT2D eigenvalue weighted by Crippen LogP contribution is 2.38. The van der Waals surface area contributed by atoms with Gasteiger partial charge in [-0.25, -0.2) is 0 Å². The van der Waals surface area contributed by atoms with Gasteiger partial charge in [-0.2, -0.15) is 0 Å². The Labute approximate surface area is 110 Å². The molecule has 1 saturated carbocycles. The van der Waals surface area contributed by atoms with Crippen LogP contribution in [0, 0.1) is 0 Å². The Morgan fingerprint density at radius 3 is 2.62 bits per heavy atom. The van der Waals surface area contributed by atoms with E-state index in [2.05, 4.69) is 34.1 Å². The van der Waals surface area contributed by atoms with E-state index >= 15 is 0 Å². The molecule has 1 nitrogen and oxygen atoms in total. The second-order valence-corrected chi connectivity index (χ2v) is 6.70. The molecular formula is C13H18BrNS. The Morgan fingerprint density at radius 2 is 2.06 bits per heavy atom. The number of hydrogen-bond donors (Lipinski definition) is 1. The van der Waals surface area contributed by atoms with Crippen LogP contribution in [-0.4, -0.2) is 5.25 Å². The van der Waals surface area contributed by atoms with Gasteiger partial charge in [0, 0.05) is 20.7 Å². The van der Waals surface area contributed by atoms with Crippen LogP contribution >= 0.6 is 27.7 Å². The van der Waals surface area contributed by atoms with Crippen LogP contribution in [-0.2, 0) is 0 Å². The monoisotopic (exact) mass is 299 g/mol. The number of halogens is 1. The van der Waals surface area contributed by atoms with E-state index in [1.165, 1.54) is 40.6 Å². The molecule has 1 aliphatic rings. The lowest BCUT2D eigenvalue weighted by molar-refractivity contribution is 0.815. The van der Waals surface area contributed by atoms with Gasteiger partial charge in [0.05, 0.1) is 0 Å². The van der Waals surface area contributed by atoms with Crippen molar-refractivity contribution in [2.75, 3.05) is 0 Å². The standard InChI is InChI=1S/C13H18BrNS/c1-9(15)10-6-7-13(12(14)8-10)16-11-4-2-3-5-11/h6-9,11H,2-5,15H2,1H3/t9-/m0/s1. The molecule has 3 heteroatoms. The molecule has 0 bridgehead atoms. The minimum atomic E-state index is 0.113. The molecule has 1 fully saturated rings. The van der Waals surface area contributed by atoms with Gasteiger partial charge in [0.1, 0.15) is 0 Å². The van der Waals surface area contributed by atoms with E-state index in [1.807, 2.05) is 18.7 Å². The molecule has 1 atom stereocenters. The SMILES string of the molecule is C[C@H](N)c1ccc(SC2CCCC2)c(Br)c1. The highest BCUT2D eigenvalue weighted by Gasteiger charge is 2.17. The van der Waals surface area contributed by atoms with Crippen molar-refractivity contribution < 1.29 is 0 Å². The molecule has 0 aromatic heterocycles. The van der Waals surface area contributed by atoms with Crippen molar-refractivity contribution in [3.05, 3.63) is 28.2 Å². The maximum atomic E-state index is 5.87. The highest BCUT2D eigenvalue weighted by atomic mass is 79.9. The topological polar surface area (TPSA) is 26.0 Å². The van der Waals surface area contributed by atoms with Crippen LogP contribution in [0.2, 0.25) is 0 Å². The Bertz CT molecular complexity index is 359. The zero-order chi connectivity index (χ0) is 11.5. The van der Waals surface area contributed by atoms with E-state index in [0.717, 1.165) is 5.25 Å². The van der Waals surface area contributed by atoms with Crippen molar-refractivity contribution in [1.82, 2.24) is 0 Å². The minimum Gasteiger partial charge on any atom is -0.324 e. The van der Waals surface area contributed by atoms with Crippen LogP contribution in [0.1, 0.15) is 44.2 Å². The molecule has 0 radical (unpaired) electrons. The molecule has 88 valence electrons. The van der Waals surface area contributed by atoms with E-state index < -0.39 is 0 Å². The Morgan fingerprint density at radius 1 is 1.38 bits per heavy atom. The van der Waals surface area contributed by atoms with Gasteiger partial charge in [-0.15, -0.1) is 11.8 Å². The lowest BCUT2D eigenvalue weighted by atomic mass is 10.1. The first-order chi connectivity index (χ1) is 7.66. The summed E-state index contributed by atoms with van der Waals surface area (Å²) < 4.78 is 1.19. The summed E-state index contributed by atoms with van der Waals surface area (Å²) in [6, 6.07) is 6.61.